The average Bonchev–Trinajstić information content (AvgIpc) is 3.31. The molecule has 3 aromatic rings. The molecule has 33 heavy (non-hydrogen) atoms. The van der Waals surface area contributed by atoms with E-state index in [1.165, 1.54) is 12.1 Å². The van der Waals surface area contributed by atoms with Gasteiger partial charge in [-0.25, -0.2) is 0 Å². The van der Waals surface area contributed by atoms with Crippen molar-refractivity contribution >= 4 is 59.9 Å². The summed E-state index contributed by atoms with van der Waals surface area (Å²) in [7, 11) is -3.71. The molecule has 2 aliphatic rings. The summed E-state index contributed by atoms with van der Waals surface area (Å²) in [6, 6.07) is 23.7. The van der Waals surface area contributed by atoms with Crippen LogP contribution in [-0.4, -0.2) is 35.5 Å². The van der Waals surface area contributed by atoms with E-state index in [2.05, 4.69) is 0 Å². The second-order valence-corrected chi connectivity index (χ2v) is 12.1. The van der Waals surface area contributed by atoms with Crippen molar-refractivity contribution in [3.8, 4) is 0 Å². The first kappa shape index (κ1) is 22.2. The number of imide groups is 1. The van der Waals surface area contributed by atoms with Crippen LogP contribution < -0.4 is 14.2 Å². The summed E-state index contributed by atoms with van der Waals surface area (Å²) in [5.41, 5.74) is 1.09. The van der Waals surface area contributed by atoms with Gasteiger partial charge in [-0.15, -0.1) is 0 Å². The van der Waals surface area contributed by atoms with Crippen LogP contribution in [0.5, 0.6) is 0 Å². The number of carbonyl (C=O) groups is 2. The molecular weight excluding hydrogens is 480 g/mol. The van der Waals surface area contributed by atoms with Gasteiger partial charge in [-0.3, -0.25) is 0 Å². The second-order valence-electron chi connectivity index (χ2n) is 8.11. The summed E-state index contributed by atoms with van der Waals surface area (Å²) in [6.07, 6.45) is -0.0850. The first-order chi connectivity index (χ1) is 15.9. The van der Waals surface area contributed by atoms with Crippen LogP contribution in [0, 0.1) is 0 Å². The Balaban J connectivity index is 1.60. The van der Waals surface area contributed by atoms with Gasteiger partial charge >= 0.3 is 203 Å². The van der Waals surface area contributed by atoms with Crippen molar-refractivity contribution in [2.24, 2.45) is 0 Å². The zero-order valence-corrected chi connectivity index (χ0v) is 20.1. The van der Waals surface area contributed by atoms with Crippen molar-refractivity contribution < 1.29 is 14.5 Å². The van der Waals surface area contributed by atoms with E-state index in [0.717, 1.165) is 16.3 Å². The predicted molar refractivity (Wildman–Crippen MR) is 135 cm³/mol. The number of para-hydroxylation sites is 2. The zero-order valence-electron chi connectivity index (χ0n) is 17.6. The standard InChI is InChI=1S/C24H22Cl2N3O3P/c25-17-13-18(26)15-21(14-17)29-23(30)16-22(24(29)31)33(32)27(19-7-3-1-4-8-19)11-12-28(33)20-9-5-2-6-10-20/h1-10,13-15,22,32-33H,11-12,16H2. The van der Waals surface area contributed by atoms with E-state index < -0.39 is 19.4 Å². The molecule has 0 saturated carbocycles. The summed E-state index contributed by atoms with van der Waals surface area (Å²) < 4.78 is 3.87. The molecule has 0 bridgehead atoms. The number of halogens is 2. The molecule has 2 saturated heterocycles. The SMILES string of the molecule is O=C1CC([PH]2(O)N(c3ccccc3)CCN2c2ccccc2)C(=O)N1c1cc(Cl)cc(Cl)c1. The van der Waals surface area contributed by atoms with Crippen LogP contribution in [0.1, 0.15) is 6.42 Å². The van der Waals surface area contributed by atoms with Crippen LogP contribution in [0.25, 0.3) is 0 Å². The van der Waals surface area contributed by atoms with Crippen molar-refractivity contribution in [2.45, 2.75) is 12.1 Å². The first-order valence-electron chi connectivity index (χ1n) is 10.6. The van der Waals surface area contributed by atoms with Crippen molar-refractivity contribution in [3.63, 3.8) is 0 Å². The Morgan fingerprint density at radius 2 is 1.24 bits per heavy atom. The fourth-order valence-electron chi connectivity index (χ4n) is 4.78. The van der Waals surface area contributed by atoms with E-state index in [9.17, 15) is 14.5 Å². The van der Waals surface area contributed by atoms with Gasteiger partial charge < -0.3 is 0 Å². The molecule has 0 radical (unpaired) electrons. The van der Waals surface area contributed by atoms with E-state index in [1.54, 1.807) is 6.07 Å². The normalized spacial score (nSPS) is 21.1. The fraction of sp³-hybridized carbons (Fsp3) is 0.167. The summed E-state index contributed by atoms with van der Waals surface area (Å²) in [5, 5.41) is 0.658. The van der Waals surface area contributed by atoms with E-state index in [-0.39, 0.29) is 12.3 Å². The van der Waals surface area contributed by atoms with E-state index in [1.807, 2.05) is 70.0 Å². The van der Waals surface area contributed by atoms with Gasteiger partial charge in [0.05, 0.1) is 0 Å². The van der Waals surface area contributed by atoms with Crippen molar-refractivity contribution in [1.29, 1.82) is 0 Å². The van der Waals surface area contributed by atoms with Gasteiger partial charge in [-0.2, -0.15) is 0 Å². The molecule has 1 unspecified atom stereocenters. The number of carbonyl (C=O) groups excluding carboxylic acids is 2. The molecule has 0 aliphatic carbocycles. The van der Waals surface area contributed by atoms with E-state index >= 15 is 0 Å². The molecule has 1 N–H and O–H groups in total. The van der Waals surface area contributed by atoms with Crippen LogP contribution >= 0.6 is 31.0 Å². The molecule has 0 spiro atoms. The average molecular weight is 502 g/mol. The minimum atomic E-state index is -3.71. The maximum absolute atomic E-state index is 13.7. The number of rotatable bonds is 4. The van der Waals surface area contributed by atoms with Gasteiger partial charge in [-0.05, 0) is 0 Å². The van der Waals surface area contributed by atoms with Gasteiger partial charge in [0.25, 0.3) is 0 Å². The van der Waals surface area contributed by atoms with Crippen LogP contribution in [-0.2, 0) is 9.59 Å². The van der Waals surface area contributed by atoms with Crippen molar-refractivity contribution in [1.82, 2.24) is 0 Å². The molecule has 6 nitrogen and oxygen atoms in total. The molecule has 0 aromatic heterocycles. The summed E-state index contributed by atoms with van der Waals surface area (Å²) in [6.45, 7) is 1.09. The monoisotopic (exact) mass is 501 g/mol. The molecule has 2 amide bonds. The van der Waals surface area contributed by atoms with Crippen LogP contribution in [0.2, 0.25) is 10.0 Å². The Morgan fingerprint density at radius 1 is 0.758 bits per heavy atom. The molecule has 2 aliphatic heterocycles. The first-order valence-corrected chi connectivity index (χ1v) is 13.3. The van der Waals surface area contributed by atoms with Crippen LogP contribution in [0.3, 0.4) is 0 Å². The van der Waals surface area contributed by atoms with Crippen molar-refractivity contribution in [3.05, 3.63) is 88.9 Å². The molecule has 9 heteroatoms. The van der Waals surface area contributed by atoms with E-state index in [4.69, 9.17) is 23.2 Å². The number of amides is 2. The second kappa shape index (κ2) is 8.62. The van der Waals surface area contributed by atoms with Gasteiger partial charge in [-0.1, -0.05) is 0 Å². The van der Waals surface area contributed by atoms with Gasteiger partial charge in [0.2, 0.25) is 0 Å². The Kier molecular flexibility index (Phi) is 5.79. The predicted octanol–water partition coefficient (Wildman–Crippen LogP) is 5.14. The van der Waals surface area contributed by atoms with Gasteiger partial charge in [0.1, 0.15) is 0 Å². The Bertz CT molecular complexity index is 1140. The van der Waals surface area contributed by atoms with E-state index in [0.29, 0.717) is 28.8 Å². The third-order valence-electron chi connectivity index (χ3n) is 6.20. The van der Waals surface area contributed by atoms with Crippen molar-refractivity contribution in [2.75, 3.05) is 27.3 Å². The number of hydrogen-bond donors (Lipinski definition) is 1. The van der Waals surface area contributed by atoms with Gasteiger partial charge in [0, 0.05) is 0 Å². The Labute approximate surface area is 202 Å². The Hall–Kier alpha value is -2.63. The van der Waals surface area contributed by atoms with Crippen LogP contribution in [0.15, 0.2) is 78.9 Å². The molecule has 2 fully saturated rings. The third-order valence-corrected chi connectivity index (χ3v) is 10.6. The quantitative estimate of drug-likeness (QED) is 0.396. The molecule has 2 heterocycles. The Morgan fingerprint density at radius 3 is 1.73 bits per heavy atom. The topological polar surface area (TPSA) is 64.1 Å². The summed E-state index contributed by atoms with van der Waals surface area (Å²) in [4.78, 5) is 40.3. The fourth-order valence-corrected chi connectivity index (χ4v) is 9.16. The van der Waals surface area contributed by atoms with Crippen LogP contribution in [0.4, 0.5) is 17.1 Å². The number of anilines is 3. The molecule has 170 valence electrons. The molecule has 1 atom stereocenters. The maximum atomic E-state index is 13.7. The third kappa shape index (κ3) is 3.77. The number of hydrogen-bond acceptors (Lipinski definition) is 5. The molecule has 3 aromatic carbocycles. The number of benzene rings is 3. The molecule has 5 rings (SSSR count). The molecular formula is C24H22Cl2N3O3P. The zero-order chi connectivity index (χ0) is 23.2. The van der Waals surface area contributed by atoms with Gasteiger partial charge in [0.15, 0.2) is 0 Å². The summed E-state index contributed by atoms with van der Waals surface area (Å²) >= 11 is 12.3. The number of nitrogens with zero attached hydrogens (tertiary/aromatic N) is 3. The minimum absolute atomic E-state index is 0.0850. The summed E-state index contributed by atoms with van der Waals surface area (Å²) in [5.74, 6) is -0.812.